The van der Waals surface area contributed by atoms with Crippen molar-refractivity contribution in [3.05, 3.63) is 0 Å². The molecule has 7 heterocycles. The Morgan fingerprint density at radius 3 is 1.16 bits per heavy atom. The van der Waals surface area contributed by atoms with E-state index in [4.69, 9.17) is 9.47 Å². The minimum absolute atomic E-state index is 0.00775. The minimum atomic E-state index is -0.384. The monoisotopic (exact) mass is 1540 g/mol. The maximum Gasteiger partial charge on any atom is 0.325 e. The molecule has 22 nitrogen and oxygen atoms in total. The second-order valence-electron chi connectivity index (χ2n) is 46.7. The quantitative estimate of drug-likeness (QED) is 0.148. The van der Waals surface area contributed by atoms with Gasteiger partial charge in [0.1, 0.15) is 18.8 Å². The van der Waals surface area contributed by atoms with E-state index in [0.29, 0.717) is 18.7 Å². The van der Waals surface area contributed by atoms with E-state index in [2.05, 4.69) is 295 Å². The average Bonchev–Trinajstić information content (AvgIpc) is 1.63. The van der Waals surface area contributed by atoms with Crippen molar-refractivity contribution in [2.75, 3.05) is 33.5 Å². The number of amides is 8. The van der Waals surface area contributed by atoms with E-state index in [9.17, 15) is 43.2 Å². The number of piperazine rings is 2. The second-order valence-corrected chi connectivity index (χ2v) is 46.7. The van der Waals surface area contributed by atoms with Gasteiger partial charge in [0.05, 0.1) is 43.2 Å². The van der Waals surface area contributed by atoms with Crippen LogP contribution in [-0.4, -0.2) is 214 Å². The Hall–Kier alpha value is -4.93. The van der Waals surface area contributed by atoms with Crippen LogP contribution in [0.15, 0.2) is 0 Å². The van der Waals surface area contributed by atoms with Crippen LogP contribution in [0.4, 0.5) is 4.79 Å². The standard InChI is InChI=1S/C15H27NO3.2C13H26N2O.C12H24N2O.C12H23NO.C11H20N2O2.C11H21NO2/c1-14(2,3)11-8-10(9-12(17)19-7)13(18)16(11)15(4,5)6;1-11(2,3)9-10(16)14-13(7,8)15(9)12(4,5)6;1-9-8-15(13(5,6)7)10(11(16)14-9)12(2,3)4;1-11(2,3)9-10(15)13-7-8-14(9)12(4,5)6;1-11(2,3)9-7-8-10(14)13(9)12(4,5)6;1-10(2,3)7-8(14)12-9(15)13(7)11(4,5)6;1-10(2,3)8-9(13)14-7-12(8)11(4,5)6/h10-11H,8-9H2,1-7H3;9H,1-8H3,(H,14,16);9-10H,8H2,1-7H3,(H,14,16);9H,7-8H2,1-6H3,(H,13,15);9H,7-8H2,1-6H3;7H,1-6H3,(H,12,14,15);8H,7H2,1-6H3. The van der Waals surface area contributed by atoms with Crippen LogP contribution in [0.1, 0.15) is 337 Å². The Bertz CT molecular complexity index is 3010. The fourth-order valence-electron chi connectivity index (χ4n) is 16.5. The summed E-state index contributed by atoms with van der Waals surface area (Å²) in [5, 5.41) is 11.5. The number of hydrogen-bond acceptors (Lipinski definition) is 15. The van der Waals surface area contributed by atoms with Gasteiger partial charge in [0.2, 0.25) is 29.5 Å². The summed E-state index contributed by atoms with van der Waals surface area (Å²) in [5.74, 6) is 0.0556. The lowest BCUT2D eigenvalue weighted by molar-refractivity contribution is -0.146. The first kappa shape index (κ1) is 102. The van der Waals surface area contributed by atoms with Gasteiger partial charge in [0, 0.05) is 83.0 Å². The molecule has 0 aromatic heterocycles. The highest BCUT2D eigenvalue weighted by atomic mass is 16.6. The number of carbonyl (C=O) groups excluding carboxylic acids is 9. The first-order chi connectivity index (χ1) is 47.8. The molecule has 636 valence electrons. The molecule has 22 heteroatoms. The summed E-state index contributed by atoms with van der Waals surface area (Å²) in [6.07, 6.45) is 2.65. The number of nitrogens with one attached hydrogen (secondary N) is 4. The largest absolute Gasteiger partial charge is 0.469 e. The smallest absolute Gasteiger partial charge is 0.325 e. The molecule has 7 rings (SSSR count). The highest BCUT2D eigenvalue weighted by Gasteiger charge is 2.56. The first-order valence-corrected chi connectivity index (χ1v) is 40.4. The Balaban J connectivity index is 0.000000637. The van der Waals surface area contributed by atoms with Gasteiger partial charge in [-0.05, 0) is 217 Å². The van der Waals surface area contributed by atoms with Gasteiger partial charge in [-0.25, -0.2) is 4.79 Å². The number of nitrogens with zero attached hydrogens (tertiary/aromatic N) is 7. The van der Waals surface area contributed by atoms with Crippen molar-refractivity contribution in [1.82, 2.24) is 55.6 Å². The summed E-state index contributed by atoms with van der Waals surface area (Å²) in [4.78, 5) is 122. The third-order valence-electron chi connectivity index (χ3n) is 20.8. The van der Waals surface area contributed by atoms with Crippen LogP contribution in [-0.2, 0) is 47.8 Å². The maximum absolute atomic E-state index is 12.6. The predicted octanol–water partition coefficient (Wildman–Crippen LogP) is 15.2. The lowest BCUT2D eigenvalue weighted by Crippen LogP contribution is -2.67. The maximum atomic E-state index is 12.6. The first-order valence-electron chi connectivity index (χ1n) is 40.4. The molecule has 7 aliphatic heterocycles. The number of rotatable bonds is 2. The van der Waals surface area contributed by atoms with E-state index in [1.807, 2.05) is 67.2 Å². The fourth-order valence-corrected chi connectivity index (χ4v) is 16.5. The number of imide groups is 1. The normalized spacial score (nSPS) is 25.6. The Morgan fingerprint density at radius 2 is 0.853 bits per heavy atom. The molecule has 7 aliphatic rings. The highest BCUT2D eigenvalue weighted by Crippen LogP contribution is 2.44. The zero-order chi connectivity index (χ0) is 86.8. The molecule has 7 saturated heterocycles. The van der Waals surface area contributed by atoms with Crippen LogP contribution in [0, 0.1) is 43.8 Å². The third-order valence-corrected chi connectivity index (χ3v) is 20.8. The topological polar surface area (TPSA) is 243 Å². The number of methoxy groups -OCH3 is 1. The van der Waals surface area contributed by atoms with E-state index in [1.54, 1.807) is 4.90 Å². The van der Waals surface area contributed by atoms with E-state index >= 15 is 0 Å². The summed E-state index contributed by atoms with van der Waals surface area (Å²) < 4.78 is 9.81. The molecule has 7 fully saturated rings. The summed E-state index contributed by atoms with van der Waals surface area (Å²) in [6.45, 7) is 97.7. The number of esters is 2. The van der Waals surface area contributed by atoms with E-state index in [1.165, 1.54) is 7.11 Å². The van der Waals surface area contributed by atoms with Gasteiger partial charge in [0.15, 0.2) is 0 Å². The number of ether oxygens (including phenoxy) is 2. The van der Waals surface area contributed by atoms with Crippen molar-refractivity contribution in [3.8, 4) is 0 Å². The summed E-state index contributed by atoms with van der Waals surface area (Å²) in [7, 11) is 1.37. The van der Waals surface area contributed by atoms with E-state index in [-0.39, 0.29) is 184 Å². The van der Waals surface area contributed by atoms with E-state index in [0.717, 1.165) is 38.9 Å². The van der Waals surface area contributed by atoms with Crippen LogP contribution in [0.2, 0.25) is 0 Å². The molecule has 9 atom stereocenters. The van der Waals surface area contributed by atoms with Crippen molar-refractivity contribution >= 4 is 53.4 Å². The van der Waals surface area contributed by atoms with Gasteiger partial charge >= 0.3 is 18.0 Å². The average molecular weight is 1540 g/mol. The zero-order valence-electron chi connectivity index (χ0n) is 78.5. The molecule has 109 heavy (non-hydrogen) atoms. The molecular formula is C87H167N11O11. The Morgan fingerprint density at radius 1 is 0.450 bits per heavy atom. The van der Waals surface area contributed by atoms with Crippen LogP contribution in [0.3, 0.4) is 0 Å². The van der Waals surface area contributed by atoms with Crippen molar-refractivity contribution in [2.24, 2.45) is 43.8 Å². The van der Waals surface area contributed by atoms with Crippen molar-refractivity contribution in [2.45, 2.75) is 430 Å². The molecule has 0 bridgehead atoms. The number of urea groups is 1. The fraction of sp³-hybridized carbons (Fsp3) is 0.897. The number of carbonyl (C=O) groups is 9. The number of cyclic esters (lactones) is 1. The molecular weight excluding hydrogens is 1380 g/mol. The van der Waals surface area contributed by atoms with Crippen molar-refractivity contribution < 1.29 is 52.6 Å². The molecule has 9 unspecified atom stereocenters. The van der Waals surface area contributed by atoms with Crippen LogP contribution in [0.25, 0.3) is 0 Å². The van der Waals surface area contributed by atoms with Gasteiger partial charge in [-0.15, -0.1) is 0 Å². The van der Waals surface area contributed by atoms with Gasteiger partial charge < -0.3 is 40.1 Å². The van der Waals surface area contributed by atoms with Crippen LogP contribution >= 0.6 is 0 Å². The van der Waals surface area contributed by atoms with E-state index < -0.39 is 0 Å². The molecule has 0 aromatic rings. The molecule has 4 N–H and O–H groups in total. The third kappa shape index (κ3) is 28.5. The van der Waals surface area contributed by atoms with Gasteiger partial charge in [-0.1, -0.05) is 145 Å². The zero-order valence-corrected chi connectivity index (χ0v) is 78.5. The van der Waals surface area contributed by atoms with Gasteiger partial charge in [0.25, 0.3) is 5.91 Å². The summed E-state index contributed by atoms with van der Waals surface area (Å²) in [5.41, 5.74) is -1.05. The number of hydrogen-bond donors (Lipinski definition) is 4. The predicted molar refractivity (Wildman–Crippen MR) is 445 cm³/mol. The second kappa shape index (κ2) is 35.4. The number of likely N-dealkylation sites (tertiary alicyclic amines) is 2. The molecule has 0 aromatic carbocycles. The molecule has 0 radical (unpaired) electrons. The molecule has 0 saturated carbocycles. The van der Waals surface area contributed by atoms with Crippen LogP contribution in [0.5, 0.6) is 0 Å². The summed E-state index contributed by atoms with van der Waals surface area (Å²) >= 11 is 0. The Labute approximate surface area is 665 Å². The Kier molecular flexibility index (Phi) is 33.2. The molecule has 0 spiro atoms. The molecule has 8 amide bonds. The van der Waals surface area contributed by atoms with Gasteiger partial charge in [-0.3, -0.25) is 63.3 Å². The van der Waals surface area contributed by atoms with Crippen molar-refractivity contribution in [3.63, 3.8) is 0 Å². The summed E-state index contributed by atoms with van der Waals surface area (Å²) in [6, 6.07) is -0.118. The SMILES string of the molecule is CC(C)(C)C1C(=O)NC(=O)N1C(C)(C)C.CC(C)(C)C1C(=O)NC(C)(C)N1C(C)(C)C.CC(C)(C)C1C(=O)NCCN1C(C)(C)C.CC(C)(C)C1C(=O)OCN1C(C)(C)C.CC(C)(C)C1CCC(=O)N1C(C)(C)C.CC1CN(C(C)(C)C)C(C(C)(C)C)C(=O)N1.COC(=O)CC1CC(C(C)(C)C)N(C(C)(C)C)C1=O. The van der Waals surface area contributed by atoms with Crippen molar-refractivity contribution in [1.29, 1.82) is 0 Å². The molecule has 0 aliphatic carbocycles. The minimum Gasteiger partial charge on any atom is -0.469 e. The lowest BCUT2D eigenvalue weighted by atomic mass is 9.81. The lowest BCUT2D eigenvalue weighted by Gasteiger charge is -2.50. The van der Waals surface area contributed by atoms with Gasteiger partial charge in [-0.2, -0.15) is 0 Å². The highest BCUT2D eigenvalue weighted by molar-refractivity contribution is 6.05. The van der Waals surface area contributed by atoms with Crippen LogP contribution < -0.4 is 21.3 Å².